The predicted octanol–water partition coefficient (Wildman–Crippen LogP) is 4.55. The van der Waals surface area contributed by atoms with Crippen LogP contribution in [0, 0.1) is 6.92 Å². The largest absolute Gasteiger partial charge is 0.336 e. The molecule has 170 valence electrons. The molecule has 3 aromatic heterocycles. The summed E-state index contributed by atoms with van der Waals surface area (Å²) in [4.78, 5) is 21.8. The Hall–Kier alpha value is -3.74. The van der Waals surface area contributed by atoms with Gasteiger partial charge in [0.1, 0.15) is 11.2 Å². The standard InChI is InChI=1S/C27H24ClN5O/c1-17-5-4-6-18(11-17)22-13-25(34)33(3)26-23(22)12-20(14-31-26)27(29,24-15-30-16-32(24)2)19-7-9-21(28)10-8-19/h4-16H,29H2,1-3H3. The molecule has 1 atom stereocenters. The van der Waals surface area contributed by atoms with Crippen molar-refractivity contribution >= 4 is 22.6 Å². The molecule has 2 aromatic carbocycles. The van der Waals surface area contributed by atoms with Crippen molar-refractivity contribution in [2.45, 2.75) is 12.5 Å². The molecule has 0 saturated heterocycles. The molecule has 5 aromatic rings. The van der Waals surface area contributed by atoms with Crippen LogP contribution in [0.2, 0.25) is 5.02 Å². The fourth-order valence-electron chi connectivity index (χ4n) is 4.50. The van der Waals surface area contributed by atoms with Gasteiger partial charge in [-0.2, -0.15) is 0 Å². The zero-order valence-corrected chi connectivity index (χ0v) is 19.9. The first kappa shape index (κ1) is 22.1. The van der Waals surface area contributed by atoms with Gasteiger partial charge >= 0.3 is 0 Å². The van der Waals surface area contributed by atoms with Crippen LogP contribution >= 0.6 is 11.6 Å². The summed E-state index contributed by atoms with van der Waals surface area (Å²) in [6.45, 7) is 2.03. The van der Waals surface area contributed by atoms with Crippen LogP contribution in [-0.2, 0) is 19.6 Å². The fourth-order valence-corrected chi connectivity index (χ4v) is 4.63. The summed E-state index contributed by atoms with van der Waals surface area (Å²) in [7, 11) is 3.64. The van der Waals surface area contributed by atoms with E-state index in [0.29, 0.717) is 10.7 Å². The van der Waals surface area contributed by atoms with E-state index in [0.717, 1.165) is 38.9 Å². The molecule has 2 N–H and O–H groups in total. The Balaban J connectivity index is 1.84. The first-order valence-corrected chi connectivity index (χ1v) is 11.3. The molecule has 0 saturated carbocycles. The summed E-state index contributed by atoms with van der Waals surface area (Å²) in [6, 6.07) is 19.3. The van der Waals surface area contributed by atoms with Crippen molar-refractivity contribution in [3.05, 3.63) is 117 Å². The molecular weight excluding hydrogens is 446 g/mol. The van der Waals surface area contributed by atoms with Gasteiger partial charge in [-0.05, 0) is 41.8 Å². The van der Waals surface area contributed by atoms with E-state index in [9.17, 15) is 4.79 Å². The molecule has 1 unspecified atom stereocenters. The molecule has 34 heavy (non-hydrogen) atoms. The number of imidazole rings is 1. The minimum absolute atomic E-state index is 0.118. The van der Waals surface area contributed by atoms with E-state index in [-0.39, 0.29) is 5.56 Å². The van der Waals surface area contributed by atoms with E-state index in [1.54, 1.807) is 36.4 Å². The highest BCUT2D eigenvalue weighted by Gasteiger charge is 2.35. The van der Waals surface area contributed by atoms with Crippen molar-refractivity contribution in [3.63, 3.8) is 0 Å². The van der Waals surface area contributed by atoms with E-state index >= 15 is 0 Å². The second-order valence-corrected chi connectivity index (χ2v) is 9.06. The monoisotopic (exact) mass is 469 g/mol. The smallest absolute Gasteiger partial charge is 0.252 e. The highest BCUT2D eigenvalue weighted by molar-refractivity contribution is 6.30. The maximum Gasteiger partial charge on any atom is 0.252 e. The number of halogens is 1. The lowest BCUT2D eigenvalue weighted by molar-refractivity contribution is 0.594. The van der Waals surface area contributed by atoms with Gasteiger partial charge in [0, 0.05) is 42.3 Å². The molecule has 0 spiro atoms. The Morgan fingerprint density at radius 2 is 1.74 bits per heavy atom. The van der Waals surface area contributed by atoms with Gasteiger partial charge in [-0.25, -0.2) is 9.97 Å². The molecule has 5 rings (SSSR count). The van der Waals surface area contributed by atoms with E-state index in [1.807, 2.05) is 67.1 Å². The van der Waals surface area contributed by atoms with Crippen LogP contribution in [0.1, 0.15) is 22.4 Å². The Kier molecular flexibility index (Phi) is 5.35. The molecule has 0 bridgehead atoms. The van der Waals surface area contributed by atoms with E-state index in [4.69, 9.17) is 22.3 Å². The number of rotatable bonds is 4. The summed E-state index contributed by atoms with van der Waals surface area (Å²) in [5, 5.41) is 1.47. The molecule has 6 nitrogen and oxygen atoms in total. The van der Waals surface area contributed by atoms with Crippen LogP contribution < -0.4 is 11.3 Å². The first-order chi connectivity index (χ1) is 16.3. The van der Waals surface area contributed by atoms with Crippen molar-refractivity contribution in [1.29, 1.82) is 0 Å². The second-order valence-electron chi connectivity index (χ2n) is 8.62. The fraction of sp³-hybridized carbons (Fsp3) is 0.148. The molecule has 0 amide bonds. The number of aryl methyl sites for hydroxylation is 3. The van der Waals surface area contributed by atoms with Gasteiger partial charge in [0.15, 0.2) is 0 Å². The molecule has 7 heteroatoms. The number of benzene rings is 2. The van der Waals surface area contributed by atoms with Crippen LogP contribution in [0.4, 0.5) is 0 Å². The number of fused-ring (bicyclic) bond motifs is 1. The third-order valence-corrected chi connectivity index (χ3v) is 6.63. The Bertz CT molecular complexity index is 1590. The minimum Gasteiger partial charge on any atom is -0.336 e. The topological polar surface area (TPSA) is 78.7 Å². The third kappa shape index (κ3) is 3.52. The van der Waals surface area contributed by atoms with Crippen molar-refractivity contribution in [2.24, 2.45) is 19.8 Å². The zero-order chi connectivity index (χ0) is 24.0. The average molecular weight is 470 g/mol. The number of pyridine rings is 2. The van der Waals surface area contributed by atoms with E-state index in [2.05, 4.69) is 11.1 Å². The lowest BCUT2D eigenvalue weighted by Gasteiger charge is -2.31. The molecular formula is C27H24ClN5O. The van der Waals surface area contributed by atoms with Crippen LogP contribution in [0.15, 0.2) is 84.2 Å². The van der Waals surface area contributed by atoms with Gasteiger partial charge in [0.2, 0.25) is 0 Å². The lowest BCUT2D eigenvalue weighted by atomic mass is 9.81. The van der Waals surface area contributed by atoms with Crippen molar-refractivity contribution < 1.29 is 0 Å². The van der Waals surface area contributed by atoms with Crippen LogP contribution in [-0.4, -0.2) is 19.1 Å². The maximum atomic E-state index is 12.8. The number of hydrogen-bond donors (Lipinski definition) is 1. The quantitative estimate of drug-likeness (QED) is 0.419. The molecule has 0 aliphatic heterocycles. The second kappa shape index (κ2) is 8.24. The van der Waals surface area contributed by atoms with E-state index < -0.39 is 5.54 Å². The SMILES string of the molecule is Cc1cccc(-c2cc(=O)n(C)c3ncc(C(N)(c4ccc(Cl)cc4)c4cncn4C)cc23)c1. The number of aromatic nitrogens is 4. The highest BCUT2D eigenvalue weighted by Crippen LogP contribution is 2.37. The zero-order valence-electron chi connectivity index (χ0n) is 19.2. The number of hydrogen-bond acceptors (Lipinski definition) is 4. The van der Waals surface area contributed by atoms with Crippen LogP contribution in [0.25, 0.3) is 22.2 Å². The minimum atomic E-state index is -1.05. The Morgan fingerprint density at radius 3 is 2.41 bits per heavy atom. The van der Waals surface area contributed by atoms with Gasteiger partial charge in [0.05, 0.1) is 18.2 Å². The van der Waals surface area contributed by atoms with Crippen LogP contribution in [0.3, 0.4) is 0 Å². The molecule has 0 aliphatic rings. The number of nitrogens with zero attached hydrogens (tertiary/aromatic N) is 4. The molecule has 3 heterocycles. The van der Waals surface area contributed by atoms with Crippen molar-refractivity contribution in [3.8, 4) is 11.1 Å². The average Bonchev–Trinajstić information content (AvgIpc) is 3.27. The van der Waals surface area contributed by atoms with Gasteiger partial charge in [0.25, 0.3) is 5.56 Å². The van der Waals surface area contributed by atoms with Crippen molar-refractivity contribution in [2.75, 3.05) is 0 Å². The van der Waals surface area contributed by atoms with Crippen LogP contribution in [0.5, 0.6) is 0 Å². The van der Waals surface area contributed by atoms with Gasteiger partial charge in [-0.3, -0.25) is 9.36 Å². The number of nitrogens with two attached hydrogens (primary N) is 1. The predicted molar refractivity (Wildman–Crippen MR) is 136 cm³/mol. The first-order valence-electron chi connectivity index (χ1n) is 10.9. The van der Waals surface area contributed by atoms with E-state index in [1.165, 1.54) is 0 Å². The molecule has 0 radical (unpaired) electrons. The molecule has 0 aliphatic carbocycles. The Morgan fingerprint density at radius 1 is 0.971 bits per heavy atom. The summed E-state index contributed by atoms with van der Waals surface area (Å²) in [5.41, 5.74) is 12.0. The lowest BCUT2D eigenvalue weighted by Crippen LogP contribution is -2.41. The Labute approximate surface area is 202 Å². The maximum absolute atomic E-state index is 12.8. The van der Waals surface area contributed by atoms with Gasteiger partial charge in [-0.15, -0.1) is 0 Å². The molecule has 0 fully saturated rings. The van der Waals surface area contributed by atoms with Gasteiger partial charge < -0.3 is 10.3 Å². The highest BCUT2D eigenvalue weighted by atomic mass is 35.5. The summed E-state index contributed by atoms with van der Waals surface area (Å²) < 4.78 is 3.46. The normalized spacial score (nSPS) is 13.2. The summed E-state index contributed by atoms with van der Waals surface area (Å²) in [6.07, 6.45) is 5.23. The summed E-state index contributed by atoms with van der Waals surface area (Å²) in [5.74, 6) is 0. The van der Waals surface area contributed by atoms with Gasteiger partial charge in [-0.1, -0.05) is 53.6 Å². The van der Waals surface area contributed by atoms with Crippen molar-refractivity contribution in [1.82, 2.24) is 19.1 Å². The third-order valence-electron chi connectivity index (χ3n) is 6.38. The summed E-state index contributed by atoms with van der Waals surface area (Å²) >= 11 is 6.17.